The summed E-state index contributed by atoms with van der Waals surface area (Å²) in [5.41, 5.74) is 4.22. The van der Waals surface area contributed by atoms with Crippen LogP contribution in [0.25, 0.3) is 0 Å². The van der Waals surface area contributed by atoms with Crippen LogP contribution in [0, 0.1) is 13.8 Å². The van der Waals surface area contributed by atoms with E-state index in [2.05, 4.69) is 26.1 Å². The van der Waals surface area contributed by atoms with E-state index < -0.39 is 0 Å². The third kappa shape index (κ3) is 5.46. The van der Waals surface area contributed by atoms with Crippen LogP contribution in [0.2, 0.25) is 0 Å². The van der Waals surface area contributed by atoms with Crippen LogP contribution in [0.4, 0.5) is 5.69 Å². The molecule has 1 aliphatic heterocycles. The number of carbonyl (C=O) groups excluding carboxylic acids is 2. The highest BCUT2D eigenvalue weighted by Crippen LogP contribution is 2.41. The molecule has 0 spiro atoms. The molecule has 0 radical (unpaired) electrons. The first-order valence-corrected chi connectivity index (χ1v) is 12.0. The van der Waals surface area contributed by atoms with Gasteiger partial charge in [-0.2, -0.15) is 5.10 Å². The maximum Gasteiger partial charge on any atom is 0.274 e. The summed E-state index contributed by atoms with van der Waals surface area (Å²) in [5.74, 6) is 0.0386. The molecule has 2 aromatic rings. The topological polar surface area (TPSA) is 76.5 Å². The third-order valence-electron chi connectivity index (χ3n) is 6.54. The largest absolute Gasteiger partial charge is 0.376 e. The first-order chi connectivity index (χ1) is 15.6. The Hall–Kier alpha value is -2.67. The third-order valence-corrected chi connectivity index (χ3v) is 6.54. The number of aryl methyl sites for hydroxylation is 1. The van der Waals surface area contributed by atoms with Gasteiger partial charge in [-0.3, -0.25) is 14.3 Å². The molecule has 2 aliphatic rings. The van der Waals surface area contributed by atoms with Crippen molar-refractivity contribution in [1.29, 1.82) is 0 Å². The van der Waals surface area contributed by atoms with Crippen molar-refractivity contribution in [3.63, 3.8) is 0 Å². The molecule has 1 aromatic heterocycles. The van der Waals surface area contributed by atoms with E-state index in [0.717, 1.165) is 48.2 Å². The Bertz CT molecular complexity index is 1030. The zero-order valence-corrected chi connectivity index (χ0v) is 20.5. The van der Waals surface area contributed by atoms with Crippen molar-refractivity contribution in [2.45, 2.75) is 77.9 Å². The fraction of sp³-hybridized carbons (Fsp3) is 0.577. The first kappa shape index (κ1) is 23.5. The average Bonchev–Trinajstić information content (AvgIpc) is 3.27. The molecule has 1 aromatic carbocycles. The number of ether oxygens (including phenoxy) is 1. The van der Waals surface area contributed by atoms with Gasteiger partial charge in [0.15, 0.2) is 5.69 Å². The predicted octanol–water partition coefficient (Wildman–Crippen LogP) is 4.39. The molecular formula is C26H36N4O3. The molecule has 0 bridgehead atoms. The Labute approximate surface area is 196 Å². The molecule has 7 heteroatoms. The summed E-state index contributed by atoms with van der Waals surface area (Å²) in [5, 5.41) is 7.69. The summed E-state index contributed by atoms with van der Waals surface area (Å²) in [6.45, 7) is 11.4. The molecule has 1 unspecified atom stereocenters. The minimum Gasteiger partial charge on any atom is -0.376 e. The molecule has 178 valence electrons. The van der Waals surface area contributed by atoms with Gasteiger partial charge in [-0.05, 0) is 83.6 Å². The number of carbonyl (C=O) groups is 2. The van der Waals surface area contributed by atoms with Gasteiger partial charge in [0.2, 0.25) is 5.91 Å². The van der Waals surface area contributed by atoms with Gasteiger partial charge in [0, 0.05) is 30.5 Å². The van der Waals surface area contributed by atoms with Crippen LogP contribution in [0.15, 0.2) is 24.3 Å². The van der Waals surface area contributed by atoms with E-state index in [1.54, 1.807) is 4.90 Å². The normalized spacial score (nSPS) is 18.4. The minimum absolute atomic E-state index is 0.0345. The Balaban J connectivity index is 1.55. The van der Waals surface area contributed by atoms with Crippen molar-refractivity contribution in [2.75, 3.05) is 25.0 Å². The van der Waals surface area contributed by atoms with Crippen LogP contribution in [0.3, 0.4) is 0 Å². The highest BCUT2D eigenvalue weighted by molar-refractivity contribution is 5.99. The molecule has 1 atom stereocenters. The van der Waals surface area contributed by atoms with E-state index >= 15 is 0 Å². The summed E-state index contributed by atoms with van der Waals surface area (Å²) >= 11 is 0. The van der Waals surface area contributed by atoms with Gasteiger partial charge >= 0.3 is 0 Å². The maximum atomic E-state index is 13.6. The Morgan fingerprint density at radius 3 is 2.61 bits per heavy atom. The van der Waals surface area contributed by atoms with Crippen molar-refractivity contribution in [1.82, 2.24) is 14.7 Å². The standard InChI is InChI=1S/C26H36N4O3/c1-17-8-6-10-21(18(17)2)27-24(31)16-29(15-20-9-7-13-33-20)25(32)22-14-23(19-11-12-19)30(28-22)26(3,4)5/h6,8,10,14,19-20H,7,9,11-13,15-16H2,1-5H3,(H,27,31). The molecule has 33 heavy (non-hydrogen) atoms. The van der Waals surface area contributed by atoms with Crippen molar-refractivity contribution in [2.24, 2.45) is 0 Å². The lowest BCUT2D eigenvalue weighted by atomic mass is 10.1. The molecule has 1 saturated heterocycles. The highest BCUT2D eigenvalue weighted by atomic mass is 16.5. The number of benzene rings is 1. The molecule has 1 N–H and O–H groups in total. The minimum atomic E-state index is -0.216. The first-order valence-electron chi connectivity index (χ1n) is 12.0. The predicted molar refractivity (Wildman–Crippen MR) is 129 cm³/mol. The second kappa shape index (κ2) is 9.29. The van der Waals surface area contributed by atoms with Gasteiger partial charge in [0.1, 0.15) is 6.54 Å². The summed E-state index contributed by atoms with van der Waals surface area (Å²) in [4.78, 5) is 28.2. The maximum absolute atomic E-state index is 13.6. The number of nitrogens with one attached hydrogen (secondary N) is 1. The van der Waals surface area contributed by atoms with Gasteiger partial charge in [0.25, 0.3) is 5.91 Å². The second-order valence-corrected chi connectivity index (χ2v) is 10.4. The van der Waals surface area contributed by atoms with Crippen molar-refractivity contribution < 1.29 is 14.3 Å². The number of hydrogen-bond donors (Lipinski definition) is 1. The second-order valence-electron chi connectivity index (χ2n) is 10.4. The van der Waals surface area contributed by atoms with Gasteiger partial charge in [-0.15, -0.1) is 0 Å². The monoisotopic (exact) mass is 452 g/mol. The van der Waals surface area contributed by atoms with E-state index in [9.17, 15) is 9.59 Å². The van der Waals surface area contributed by atoms with Gasteiger partial charge in [-0.1, -0.05) is 12.1 Å². The van der Waals surface area contributed by atoms with Crippen LogP contribution < -0.4 is 5.32 Å². The number of anilines is 1. The smallest absolute Gasteiger partial charge is 0.274 e. The van der Waals surface area contributed by atoms with E-state index in [1.165, 1.54) is 0 Å². The van der Waals surface area contributed by atoms with Crippen LogP contribution in [0.1, 0.15) is 79.7 Å². The lowest BCUT2D eigenvalue weighted by Gasteiger charge is -2.25. The highest BCUT2D eigenvalue weighted by Gasteiger charge is 2.34. The number of amides is 2. The van der Waals surface area contributed by atoms with Crippen LogP contribution in [-0.4, -0.2) is 52.3 Å². The van der Waals surface area contributed by atoms with Gasteiger partial charge in [0.05, 0.1) is 11.6 Å². The SMILES string of the molecule is Cc1cccc(NC(=O)CN(CC2CCCO2)C(=O)c2cc(C3CC3)n(C(C)(C)C)n2)c1C. The van der Waals surface area contributed by atoms with Crippen molar-refractivity contribution in [3.8, 4) is 0 Å². The van der Waals surface area contributed by atoms with E-state index in [1.807, 2.05) is 42.8 Å². The van der Waals surface area contributed by atoms with Gasteiger partial charge in [-0.25, -0.2) is 0 Å². The lowest BCUT2D eigenvalue weighted by Crippen LogP contribution is -2.42. The number of hydrogen-bond acceptors (Lipinski definition) is 4. The van der Waals surface area contributed by atoms with Crippen molar-refractivity contribution in [3.05, 3.63) is 46.8 Å². The molecule has 4 rings (SSSR count). The fourth-order valence-corrected chi connectivity index (χ4v) is 4.37. The van der Waals surface area contributed by atoms with E-state index in [-0.39, 0.29) is 30.0 Å². The zero-order chi connectivity index (χ0) is 23.8. The Kier molecular flexibility index (Phi) is 6.61. The molecule has 2 heterocycles. The number of rotatable bonds is 7. The molecular weight excluding hydrogens is 416 g/mol. The number of aromatic nitrogens is 2. The molecule has 1 saturated carbocycles. The summed E-state index contributed by atoms with van der Waals surface area (Å²) in [6.07, 6.45) is 4.09. The van der Waals surface area contributed by atoms with E-state index in [0.29, 0.717) is 24.8 Å². The molecule has 2 amide bonds. The average molecular weight is 453 g/mol. The van der Waals surface area contributed by atoms with Crippen molar-refractivity contribution >= 4 is 17.5 Å². The number of nitrogens with zero attached hydrogens (tertiary/aromatic N) is 3. The fourth-order valence-electron chi connectivity index (χ4n) is 4.37. The van der Waals surface area contributed by atoms with Crippen LogP contribution >= 0.6 is 0 Å². The lowest BCUT2D eigenvalue weighted by molar-refractivity contribution is -0.117. The molecule has 2 fully saturated rings. The summed E-state index contributed by atoms with van der Waals surface area (Å²) in [6, 6.07) is 7.75. The molecule has 7 nitrogen and oxygen atoms in total. The van der Waals surface area contributed by atoms with Crippen LogP contribution in [0.5, 0.6) is 0 Å². The Morgan fingerprint density at radius 2 is 1.97 bits per heavy atom. The van der Waals surface area contributed by atoms with Crippen LogP contribution in [-0.2, 0) is 15.1 Å². The van der Waals surface area contributed by atoms with Gasteiger partial charge < -0.3 is 15.0 Å². The quantitative estimate of drug-likeness (QED) is 0.676. The zero-order valence-electron chi connectivity index (χ0n) is 20.5. The van der Waals surface area contributed by atoms with E-state index in [4.69, 9.17) is 9.84 Å². The summed E-state index contributed by atoms with van der Waals surface area (Å²) in [7, 11) is 0. The molecule has 1 aliphatic carbocycles. The Morgan fingerprint density at radius 1 is 1.21 bits per heavy atom. The summed E-state index contributed by atoms with van der Waals surface area (Å²) < 4.78 is 7.77.